The Kier molecular flexibility index (Phi) is 5.48. The number of ether oxygens (including phenoxy) is 1. The number of ketones is 1. The molecule has 0 unspecified atom stereocenters. The molecule has 0 amide bonds. The van der Waals surface area contributed by atoms with Crippen LogP contribution in [0.1, 0.15) is 21.7 Å². The van der Waals surface area contributed by atoms with Crippen LogP contribution in [0.25, 0.3) is 0 Å². The summed E-state index contributed by atoms with van der Waals surface area (Å²) in [5, 5.41) is 0.305. The lowest BCUT2D eigenvalue weighted by molar-refractivity contribution is 0.0991. The summed E-state index contributed by atoms with van der Waals surface area (Å²) in [7, 11) is 0. The number of Topliss-reactive ketones (excluding diaryl/α,β-unsaturated/α-hetero) is 1. The van der Waals surface area contributed by atoms with Gasteiger partial charge in [-0.2, -0.15) is 0 Å². The summed E-state index contributed by atoms with van der Waals surface area (Å²) in [5.41, 5.74) is 0.231. The second-order valence-electron chi connectivity index (χ2n) is 5.32. The SMILES string of the molecule is O=C(Cc1ccc(F)c(CF)n1)c1cc(Cl)cc(Oc2cncnc2)c1. The zero-order valence-electron chi connectivity index (χ0n) is 13.3. The standard InChI is InChI=1S/C18H12ClF2N3O2/c19-12-3-11(4-14(5-12)26-15-8-22-10-23-9-15)18(25)6-13-1-2-16(21)17(7-20)24-13/h1-5,8-10H,6-7H2. The van der Waals surface area contributed by atoms with Crippen LogP contribution in [-0.2, 0) is 13.1 Å². The summed E-state index contributed by atoms with van der Waals surface area (Å²) in [5.74, 6) is -0.328. The van der Waals surface area contributed by atoms with E-state index in [2.05, 4.69) is 15.0 Å². The fourth-order valence-electron chi connectivity index (χ4n) is 2.25. The second kappa shape index (κ2) is 7.97. The van der Waals surface area contributed by atoms with Gasteiger partial charge in [-0.15, -0.1) is 0 Å². The van der Waals surface area contributed by atoms with Gasteiger partial charge in [0, 0.05) is 16.3 Å². The van der Waals surface area contributed by atoms with E-state index >= 15 is 0 Å². The van der Waals surface area contributed by atoms with Crippen LogP contribution in [0.3, 0.4) is 0 Å². The normalized spacial score (nSPS) is 10.6. The Morgan fingerprint density at radius 3 is 2.62 bits per heavy atom. The number of rotatable bonds is 6. The van der Waals surface area contributed by atoms with Crippen LogP contribution in [0.5, 0.6) is 11.5 Å². The molecule has 132 valence electrons. The maximum Gasteiger partial charge on any atom is 0.169 e. The molecule has 0 radical (unpaired) electrons. The number of nitrogens with zero attached hydrogens (tertiary/aromatic N) is 3. The van der Waals surface area contributed by atoms with Gasteiger partial charge in [-0.3, -0.25) is 9.78 Å². The summed E-state index contributed by atoms with van der Waals surface area (Å²) in [6.07, 6.45) is 4.18. The molecule has 3 aromatic rings. The molecule has 26 heavy (non-hydrogen) atoms. The van der Waals surface area contributed by atoms with E-state index in [1.807, 2.05) is 0 Å². The van der Waals surface area contributed by atoms with Crippen molar-refractivity contribution in [1.29, 1.82) is 0 Å². The Labute approximate surface area is 152 Å². The Balaban J connectivity index is 1.81. The average Bonchev–Trinajstić information content (AvgIpc) is 2.63. The van der Waals surface area contributed by atoms with Crippen LogP contribution < -0.4 is 4.74 Å². The van der Waals surface area contributed by atoms with Crippen LogP contribution >= 0.6 is 11.6 Å². The number of benzene rings is 1. The second-order valence-corrected chi connectivity index (χ2v) is 5.75. The zero-order chi connectivity index (χ0) is 18.5. The number of carbonyl (C=O) groups is 1. The van der Waals surface area contributed by atoms with Gasteiger partial charge in [-0.25, -0.2) is 18.7 Å². The number of aromatic nitrogens is 3. The van der Waals surface area contributed by atoms with Crippen LogP contribution in [0.4, 0.5) is 8.78 Å². The van der Waals surface area contributed by atoms with E-state index in [9.17, 15) is 13.6 Å². The summed E-state index contributed by atoms with van der Waals surface area (Å²) < 4.78 is 31.6. The molecule has 0 spiro atoms. The van der Waals surface area contributed by atoms with Crippen molar-refractivity contribution in [3.8, 4) is 11.5 Å². The van der Waals surface area contributed by atoms with Gasteiger partial charge < -0.3 is 4.74 Å². The van der Waals surface area contributed by atoms with Gasteiger partial charge in [0.2, 0.25) is 0 Å². The molecule has 0 aliphatic carbocycles. The Morgan fingerprint density at radius 1 is 1.12 bits per heavy atom. The quantitative estimate of drug-likeness (QED) is 0.599. The van der Waals surface area contributed by atoms with Gasteiger partial charge in [-0.05, 0) is 30.3 Å². The summed E-state index contributed by atoms with van der Waals surface area (Å²) >= 11 is 6.05. The molecule has 0 saturated carbocycles. The van der Waals surface area contributed by atoms with E-state index < -0.39 is 12.5 Å². The maximum atomic E-state index is 13.3. The first-order chi connectivity index (χ1) is 12.5. The molecule has 2 heterocycles. The highest BCUT2D eigenvalue weighted by Crippen LogP contribution is 2.26. The van der Waals surface area contributed by atoms with Gasteiger partial charge >= 0.3 is 0 Å². The smallest absolute Gasteiger partial charge is 0.169 e. The number of pyridine rings is 1. The monoisotopic (exact) mass is 375 g/mol. The molecule has 0 aliphatic heterocycles. The fourth-order valence-corrected chi connectivity index (χ4v) is 2.47. The zero-order valence-corrected chi connectivity index (χ0v) is 14.1. The lowest BCUT2D eigenvalue weighted by Crippen LogP contribution is -2.07. The van der Waals surface area contributed by atoms with Crippen molar-refractivity contribution in [1.82, 2.24) is 15.0 Å². The fraction of sp³-hybridized carbons (Fsp3) is 0.111. The predicted octanol–water partition coefficient (Wildman–Crippen LogP) is 4.35. The minimum Gasteiger partial charge on any atom is -0.454 e. The van der Waals surface area contributed by atoms with Crippen LogP contribution in [0, 0.1) is 5.82 Å². The molecule has 0 N–H and O–H groups in total. The number of hydrogen-bond acceptors (Lipinski definition) is 5. The van der Waals surface area contributed by atoms with Gasteiger partial charge in [0.25, 0.3) is 0 Å². The molecule has 2 aromatic heterocycles. The highest BCUT2D eigenvalue weighted by Gasteiger charge is 2.13. The number of hydrogen-bond donors (Lipinski definition) is 0. The van der Waals surface area contributed by atoms with Crippen LogP contribution in [-0.4, -0.2) is 20.7 Å². The minimum absolute atomic E-state index is 0.124. The molecule has 5 nitrogen and oxygen atoms in total. The lowest BCUT2D eigenvalue weighted by atomic mass is 10.1. The molecule has 1 aromatic carbocycles. The summed E-state index contributed by atoms with van der Waals surface area (Å²) in [6.45, 7) is -1.04. The largest absolute Gasteiger partial charge is 0.454 e. The first-order valence-corrected chi connectivity index (χ1v) is 7.90. The van der Waals surface area contributed by atoms with Crippen molar-refractivity contribution >= 4 is 17.4 Å². The van der Waals surface area contributed by atoms with E-state index in [0.29, 0.717) is 16.5 Å². The third-order valence-corrected chi connectivity index (χ3v) is 3.63. The third kappa shape index (κ3) is 4.37. The number of carbonyl (C=O) groups excluding carboxylic acids is 1. The molecule has 3 rings (SSSR count). The Hall–Kier alpha value is -2.93. The first-order valence-electron chi connectivity index (χ1n) is 7.52. The molecule has 0 bridgehead atoms. The van der Waals surface area contributed by atoms with Crippen molar-refractivity contribution < 1.29 is 18.3 Å². The van der Waals surface area contributed by atoms with E-state index in [4.69, 9.17) is 16.3 Å². The lowest BCUT2D eigenvalue weighted by Gasteiger charge is -2.08. The van der Waals surface area contributed by atoms with Gasteiger partial charge in [0.05, 0.1) is 18.8 Å². The molecule has 0 atom stereocenters. The third-order valence-electron chi connectivity index (χ3n) is 3.41. The van der Waals surface area contributed by atoms with Crippen molar-refractivity contribution in [2.45, 2.75) is 13.1 Å². The molecule has 0 aliphatic rings. The number of halogens is 3. The van der Waals surface area contributed by atoms with E-state index in [-0.39, 0.29) is 29.2 Å². The van der Waals surface area contributed by atoms with Crippen molar-refractivity contribution in [3.63, 3.8) is 0 Å². The molecule has 0 saturated heterocycles. The summed E-state index contributed by atoms with van der Waals surface area (Å²) in [6, 6.07) is 6.98. The van der Waals surface area contributed by atoms with Gasteiger partial charge in [0.15, 0.2) is 11.5 Å². The maximum absolute atomic E-state index is 13.3. The van der Waals surface area contributed by atoms with Crippen molar-refractivity contribution in [2.75, 3.05) is 0 Å². The molecular weight excluding hydrogens is 364 g/mol. The molecular formula is C18H12ClF2N3O2. The van der Waals surface area contributed by atoms with Crippen molar-refractivity contribution in [2.24, 2.45) is 0 Å². The van der Waals surface area contributed by atoms with Crippen LogP contribution in [0.15, 0.2) is 49.1 Å². The minimum atomic E-state index is -1.04. The highest BCUT2D eigenvalue weighted by atomic mass is 35.5. The molecule has 0 fully saturated rings. The van der Waals surface area contributed by atoms with Gasteiger partial charge in [-0.1, -0.05) is 11.6 Å². The van der Waals surface area contributed by atoms with E-state index in [0.717, 1.165) is 6.07 Å². The average molecular weight is 376 g/mol. The Morgan fingerprint density at radius 2 is 1.88 bits per heavy atom. The first kappa shape index (κ1) is 17.9. The van der Waals surface area contributed by atoms with E-state index in [1.165, 1.54) is 36.9 Å². The van der Waals surface area contributed by atoms with Gasteiger partial charge in [0.1, 0.15) is 30.3 Å². The van der Waals surface area contributed by atoms with Crippen molar-refractivity contribution in [3.05, 3.63) is 76.8 Å². The van der Waals surface area contributed by atoms with E-state index in [1.54, 1.807) is 6.07 Å². The number of alkyl halides is 1. The summed E-state index contributed by atoms with van der Waals surface area (Å²) in [4.78, 5) is 24.0. The Bertz CT molecular complexity index is 939. The van der Waals surface area contributed by atoms with Crippen LogP contribution in [0.2, 0.25) is 5.02 Å². The topological polar surface area (TPSA) is 65.0 Å². The molecule has 8 heteroatoms. The predicted molar refractivity (Wildman–Crippen MR) is 90.6 cm³/mol. The highest BCUT2D eigenvalue weighted by molar-refractivity contribution is 6.31.